The summed E-state index contributed by atoms with van der Waals surface area (Å²) in [6.07, 6.45) is 5.83. The number of hydrogen-bond acceptors (Lipinski definition) is 4. The van der Waals surface area contributed by atoms with E-state index < -0.39 is 0 Å². The molecule has 0 unspecified atom stereocenters. The molecule has 1 heterocycles. The lowest BCUT2D eigenvalue weighted by atomic mass is 9.62. The number of amidine groups is 1. The minimum absolute atomic E-state index is 0.117. The van der Waals surface area contributed by atoms with E-state index in [-0.39, 0.29) is 11.0 Å². The van der Waals surface area contributed by atoms with Gasteiger partial charge >= 0.3 is 0 Å². The van der Waals surface area contributed by atoms with Crippen molar-refractivity contribution in [1.82, 2.24) is 0 Å². The lowest BCUT2D eigenvalue weighted by Crippen LogP contribution is -2.46. The van der Waals surface area contributed by atoms with Crippen LogP contribution in [0.4, 0.5) is 0 Å². The van der Waals surface area contributed by atoms with Gasteiger partial charge in [0.15, 0.2) is 0 Å². The van der Waals surface area contributed by atoms with Crippen molar-refractivity contribution in [3.63, 3.8) is 0 Å². The van der Waals surface area contributed by atoms with E-state index in [4.69, 9.17) is 20.2 Å². The van der Waals surface area contributed by atoms with Crippen LogP contribution in [0.25, 0.3) is 0 Å². The summed E-state index contributed by atoms with van der Waals surface area (Å²) in [5.74, 6) is 0. The Morgan fingerprint density at radius 2 is 2.14 bits per heavy atom. The van der Waals surface area contributed by atoms with Crippen LogP contribution in [0.2, 0.25) is 0 Å². The molecule has 0 aromatic heterocycles. The maximum Gasteiger partial charge on any atom is 0.283 e. The molecule has 3 aliphatic rings. The maximum atomic E-state index is 5.92. The third-order valence-corrected chi connectivity index (χ3v) is 6.37. The molecule has 0 saturated heterocycles. The Labute approximate surface area is 139 Å². The first kappa shape index (κ1) is 14.5. The Kier molecular flexibility index (Phi) is 3.28. The van der Waals surface area contributed by atoms with Gasteiger partial charge in [0, 0.05) is 17.0 Å². The average Bonchev–Trinajstić information content (AvgIpc) is 3.03. The molecule has 1 aromatic carbocycles. The zero-order valence-corrected chi connectivity index (χ0v) is 14.4. The summed E-state index contributed by atoms with van der Waals surface area (Å²) in [6.45, 7) is 0.569. The second-order valence-corrected chi connectivity index (χ2v) is 7.71. The first-order chi connectivity index (χ1) is 10.6. The molecule has 1 aliphatic heterocycles. The first-order valence-corrected chi connectivity index (χ1v) is 8.68. The molecule has 4 nitrogen and oxygen atoms in total. The van der Waals surface area contributed by atoms with Crippen LogP contribution in [0.5, 0.6) is 0 Å². The third-order valence-electron chi connectivity index (χ3n) is 5.88. The molecular weight excluding hydrogens is 344 g/mol. The zero-order chi connectivity index (χ0) is 15.4. The summed E-state index contributed by atoms with van der Waals surface area (Å²) < 4.78 is 12.3. The lowest BCUT2D eigenvalue weighted by Gasteiger charge is -2.45. The van der Waals surface area contributed by atoms with E-state index in [1.54, 1.807) is 0 Å². The van der Waals surface area contributed by atoms with Gasteiger partial charge in [-0.1, -0.05) is 22.0 Å². The monoisotopic (exact) mass is 364 g/mol. The summed E-state index contributed by atoms with van der Waals surface area (Å²) in [7, 11) is 1.81. The Bertz CT molecular complexity index is 638. The Morgan fingerprint density at radius 1 is 1.36 bits per heavy atom. The van der Waals surface area contributed by atoms with Gasteiger partial charge in [0.2, 0.25) is 0 Å². The highest BCUT2D eigenvalue weighted by atomic mass is 79.9. The maximum absolute atomic E-state index is 5.92. The smallest absolute Gasteiger partial charge is 0.283 e. The van der Waals surface area contributed by atoms with Gasteiger partial charge in [-0.05, 0) is 55.4 Å². The van der Waals surface area contributed by atoms with Crippen LogP contribution in [-0.2, 0) is 21.4 Å². The molecular formula is C17H21BrN2O2. The second kappa shape index (κ2) is 4.96. The van der Waals surface area contributed by atoms with Crippen LogP contribution in [-0.4, -0.2) is 25.8 Å². The van der Waals surface area contributed by atoms with Crippen LogP contribution in [0.1, 0.15) is 36.8 Å². The third kappa shape index (κ3) is 1.88. The summed E-state index contributed by atoms with van der Waals surface area (Å²) >= 11 is 3.60. The number of benzene rings is 1. The van der Waals surface area contributed by atoms with Gasteiger partial charge in [-0.3, -0.25) is 0 Å². The van der Waals surface area contributed by atoms with Crippen LogP contribution >= 0.6 is 15.9 Å². The Balaban J connectivity index is 1.81. The average molecular weight is 365 g/mol. The minimum atomic E-state index is -0.311. The molecule has 118 valence electrons. The molecule has 0 amide bonds. The van der Waals surface area contributed by atoms with Gasteiger partial charge in [0.05, 0.1) is 6.10 Å². The molecule has 4 rings (SSSR count). The molecule has 2 spiro atoms. The van der Waals surface area contributed by atoms with E-state index in [1.165, 1.54) is 11.1 Å². The van der Waals surface area contributed by atoms with E-state index in [9.17, 15) is 0 Å². The summed E-state index contributed by atoms with van der Waals surface area (Å²) in [6, 6.07) is 6.89. The largest absolute Gasteiger partial charge is 0.462 e. The van der Waals surface area contributed by atoms with Crippen molar-refractivity contribution in [1.29, 1.82) is 0 Å². The first-order valence-electron chi connectivity index (χ1n) is 7.88. The highest BCUT2D eigenvalue weighted by Gasteiger charge is 2.61. The van der Waals surface area contributed by atoms with Crippen molar-refractivity contribution in [3.05, 3.63) is 33.8 Å². The van der Waals surface area contributed by atoms with Gasteiger partial charge in [-0.2, -0.15) is 0 Å². The van der Waals surface area contributed by atoms with Crippen molar-refractivity contribution in [2.75, 3.05) is 13.7 Å². The predicted molar refractivity (Wildman–Crippen MR) is 88.8 cm³/mol. The normalized spacial score (nSPS) is 36.5. The molecule has 1 fully saturated rings. The van der Waals surface area contributed by atoms with Crippen molar-refractivity contribution < 1.29 is 9.47 Å². The molecule has 5 heteroatoms. The minimum Gasteiger partial charge on any atom is -0.462 e. The fraction of sp³-hybridized carbons (Fsp3) is 0.588. The molecule has 1 atom stereocenters. The molecule has 1 aromatic rings. The number of ether oxygens (including phenoxy) is 2. The van der Waals surface area contributed by atoms with Crippen LogP contribution < -0.4 is 5.73 Å². The number of aliphatic imine (C=N–C) groups is 1. The number of nitrogens with zero attached hydrogens (tertiary/aromatic N) is 1. The van der Waals surface area contributed by atoms with Crippen molar-refractivity contribution in [3.8, 4) is 0 Å². The summed E-state index contributed by atoms with van der Waals surface area (Å²) in [5.41, 5.74) is 8.41. The van der Waals surface area contributed by atoms with E-state index in [2.05, 4.69) is 34.1 Å². The SMILES string of the molecule is COC1CCC2(CC1)Cc1ccc(Br)cc1[C@@]21COC(N)=N1. The molecule has 0 bridgehead atoms. The Hall–Kier alpha value is -1.07. The van der Waals surface area contributed by atoms with E-state index >= 15 is 0 Å². The number of fused-ring (bicyclic) bond motifs is 3. The van der Waals surface area contributed by atoms with Crippen molar-refractivity contribution in [2.45, 2.75) is 43.7 Å². The number of nitrogens with two attached hydrogens (primary N) is 1. The highest BCUT2D eigenvalue weighted by molar-refractivity contribution is 9.10. The number of methoxy groups -OCH3 is 1. The standard InChI is InChI=1S/C17H21BrN2O2/c1-21-13-4-6-16(7-5-13)9-11-2-3-12(18)8-14(11)17(16)10-22-15(19)20-17/h2-3,8,13H,4-7,9-10H2,1H3,(H2,19,20)/t13?,16?,17-/m0/s1. The fourth-order valence-electron chi connectivity index (χ4n) is 4.69. The second-order valence-electron chi connectivity index (χ2n) is 6.79. The zero-order valence-electron chi connectivity index (χ0n) is 12.8. The number of hydrogen-bond donors (Lipinski definition) is 1. The molecule has 22 heavy (non-hydrogen) atoms. The van der Waals surface area contributed by atoms with Crippen LogP contribution in [0, 0.1) is 5.41 Å². The van der Waals surface area contributed by atoms with Crippen LogP contribution in [0.15, 0.2) is 27.7 Å². The number of rotatable bonds is 1. The molecule has 0 radical (unpaired) electrons. The summed E-state index contributed by atoms with van der Waals surface area (Å²) in [4.78, 5) is 4.84. The van der Waals surface area contributed by atoms with Gasteiger partial charge in [-0.15, -0.1) is 0 Å². The van der Waals surface area contributed by atoms with E-state index in [0.29, 0.717) is 18.7 Å². The lowest BCUT2D eigenvalue weighted by molar-refractivity contribution is -0.00984. The molecule has 2 N–H and O–H groups in total. The van der Waals surface area contributed by atoms with Crippen LogP contribution in [0.3, 0.4) is 0 Å². The highest BCUT2D eigenvalue weighted by Crippen LogP contribution is 2.61. The summed E-state index contributed by atoms with van der Waals surface area (Å²) in [5, 5.41) is 0. The van der Waals surface area contributed by atoms with Gasteiger partial charge in [-0.25, -0.2) is 4.99 Å². The number of halogens is 1. The topological polar surface area (TPSA) is 56.8 Å². The Morgan fingerprint density at radius 3 is 2.77 bits per heavy atom. The van der Waals surface area contributed by atoms with Gasteiger partial charge in [0.25, 0.3) is 6.02 Å². The van der Waals surface area contributed by atoms with E-state index in [1.807, 2.05) is 7.11 Å². The fourth-order valence-corrected chi connectivity index (χ4v) is 5.06. The molecule has 1 saturated carbocycles. The molecule has 2 aliphatic carbocycles. The van der Waals surface area contributed by atoms with Crippen molar-refractivity contribution >= 4 is 22.0 Å². The quantitative estimate of drug-likeness (QED) is 0.832. The predicted octanol–water partition coefficient (Wildman–Crippen LogP) is 3.12. The van der Waals surface area contributed by atoms with Crippen molar-refractivity contribution in [2.24, 2.45) is 16.1 Å². The van der Waals surface area contributed by atoms with Gasteiger partial charge < -0.3 is 15.2 Å². The van der Waals surface area contributed by atoms with Gasteiger partial charge in [0.1, 0.15) is 12.1 Å². The van der Waals surface area contributed by atoms with E-state index in [0.717, 1.165) is 36.6 Å².